The standard InChI is InChI=1S/C31H33NO6/c1-20(2)17-27(30(35)38-28(29(33)34)18-21-11-5-4-6-12-21)32(3)31(36)37-19-26-24-15-9-7-13-22(24)23-14-8-10-16-25(23)26/h4-16,20,26-28H,17-19H2,1-3H3,(H,33,34)/t27-,28+/m0/s1. The number of carbonyl (C=O) groups excluding carboxylic acids is 2. The molecule has 3 aromatic rings. The summed E-state index contributed by atoms with van der Waals surface area (Å²) in [5, 5.41) is 9.68. The minimum absolute atomic E-state index is 0.0327. The molecule has 1 amide bonds. The van der Waals surface area contributed by atoms with Crippen LogP contribution in [0.4, 0.5) is 4.79 Å². The maximum absolute atomic E-state index is 13.2. The minimum Gasteiger partial charge on any atom is -0.478 e. The fraction of sp³-hybridized carbons (Fsp3) is 0.323. The molecule has 0 bridgehead atoms. The van der Waals surface area contributed by atoms with Gasteiger partial charge >= 0.3 is 18.0 Å². The molecule has 2 atom stereocenters. The van der Waals surface area contributed by atoms with Crippen LogP contribution in [0.15, 0.2) is 78.9 Å². The number of carboxylic acid groups (broad SMARTS) is 1. The number of benzene rings is 3. The summed E-state index contributed by atoms with van der Waals surface area (Å²) in [5.74, 6) is -2.07. The molecular formula is C31H33NO6. The molecule has 0 saturated carbocycles. The molecule has 0 radical (unpaired) electrons. The third-order valence-electron chi connectivity index (χ3n) is 6.86. The van der Waals surface area contributed by atoms with Crippen molar-refractivity contribution in [2.24, 2.45) is 5.92 Å². The van der Waals surface area contributed by atoms with Crippen molar-refractivity contribution in [1.29, 1.82) is 0 Å². The molecule has 1 aliphatic rings. The maximum atomic E-state index is 13.2. The summed E-state index contributed by atoms with van der Waals surface area (Å²) in [6.45, 7) is 3.96. The zero-order valence-corrected chi connectivity index (χ0v) is 21.9. The normalized spacial score (nSPS) is 13.8. The van der Waals surface area contributed by atoms with Crippen LogP contribution in [0.3, 0.4) is 0 Å². The second-order valence-electron chi connectivity index (χ2n) is 10.0. The smallest absolute Gasteiger partial charge is 0.410 e. The number of hydrogen-bond acceptors (Lipinski definition) is 5. The molecule has 0 saturated heterocycles. The Labute approximate surface area is 223 Å². The highest BCUT2D eigenvalue weighted by molar-refractivity contribution is 5.84. The number of ether oxygens (including phenoxy) is 2. The molecule has 3 aromatic carbocycles. The molecule has 1 aliphatic carbocycles. The van der Waals surface area contributed by atoms with Crippen LogP contribution in [0.5, 0.6) is 0 Å². The molecule has 1 N–H and O–H groups in total. The predicted molar refractivity (Wildman–Crippen MR) is 144 cm³/mol. The molecule has 0 fully saturated rings. The van der Waals surface area contributed by atoms with E-state index in [9.17, 15) is 19.5 Å². The van der Waals surface area contributed by atoms with Crippen molar-refractivity contribution in [1.82, 2.24) is 4.90 Å². The van der Waals surface area contributed by atoms with Gasteiger partial charge in [-0.1, -0.05) is 92.7 Å². The van der Waals surface area contributed by atoms with E-state index in [1.807, 2.05) is 56.3 Å². The lowest BCUT2D eigenvalue weighted by molar-refractivity contribution is -0.167. The fourth-order valence-corrected chi connectivity index (χ4v) is 4.91. The first-order chi connectivity index (χ1) is 18.3. The topological polar surface area (TPSA) is 93.1 Å². The van der Waals surface area contributed by atoms with Crippen LogP contribution >= 0.6 is 0 Å². The number of aliphatic carboxylic acids is 1. The first-order valence-corrected chi connectivity index (χ1v) is 12.8. The van der Waals surface area contributed by atoms with Gasteiger partial charge in [-0.05, 0) is 40.2 Å². The van der Waals surface area contributed by atoms with Crippen LogP contribution in [-0.2, 0) is 25.5 Å². The van der Waals surface area contributed by atoms with E-state index < -0.39 is 30.2 Å². The van der Waals surface area contributed by atoms with Crippen LogP contribution in [0.1, 0.15) is 42.9 Å². The Morgan fingerprint density at radius 2 is 1.42 bits per heavy atom. The van der Waals surface area contributed by atoms with Crippen LogP contribution < -0.4 is 0 Å². The molecular weight excluding hydrogens is 482 g/mol. The molecule has 0 aromatic heterocycles. The van der Waals surface area contributed by atoms with E-state index in [1.54, 1.807) is 24.3 Å². The van der Waals surface area contributed by atoms with Crippen molar-refractivity contribution in [2.45, 2.75) is 44.8 Å². The molecule has 7 heteroatoms. The van der Waals surface area contributed by atoms with E-state index in [-0.39, 0.29) is 24.9 Å². The lowest BCUT2D eigenvalue weighted by Crippen LogP contribution is -2.46. The van der Waals surface area contributed by atoms with Crippen molar-refractivity contribution in [3.05, 3.63) is 95.6 Å². The van der Waals surface area contributed by atoms with Crippen LogP contribution in [-0.4, -0.2) is 53.8 Å². The van der Waals surface area contributed by atoms with Gasteiger partial charge in [0.2, 0.25) is 6.10 Å². The lowest BCUT2D eigenvalue weighted by Gasteiger charge is -2.29. The average molecular weight is 516 g/mol. The highest BCUT2D eigenvalue weighted by Crippen LogP contribution is 2.44. The Hall–Kier alpha value is -4.13. The number of esters is 1. The quantitative estimate of drug-likeness (QED) is 0.357. The highest BCUT2D eigenvalue weighted by atomic mass is 16.6. The Bertz CT molecular complexity index is 1240. The third-order valence-corrected chi connectivity index (χ3v) is 6.86. The Balaban J connectivity index is 1.45. The van der Waals surface area contributed by atoms with Crippen LogP contribution in [0.2, 0.25) is 0 Å². The molecule has 7 nitrogen and oxygen atoms in total. The zero-order valence-electron chi connectivity index (χ0n) is 21.9. The third kappa shape index (κ3) is 6.05. The number of fused-ring (bicyclic) bond motifs is 3. The van der Waals surface area contributed by atoms with Gasteiger partial charge in [0, 0.05) is 19.4 Å². The summed E-state index contributed by atoms with van der Waals surface area (Å²) in [4.78, 5) is 39.4. The van der Waals surface area contributed by atoms with Crippen molar-refractivity contribution >= 4 is 18.0 Å². The average Bonchev–Trinajstić information content (AvgIpc) is 3.23. The molecule has 0 aliphatic heterocycles. The van der Waals surface area contributed by atoms with E-state index in [0.29, 0.717) is 6.42 Å². The van der Waals surface area contributed by atoms with Gasteiger partial charge in [-0.3, -0.25) is 4.90 Å². The fourth-order valence-electron chi connectivity index (χ4n) is 4.91. The number of likely N-dealkylation sites (N-methyl/N-ethyl adjacent to an activating group) is 1. The molecule has 0 unspecified atom stereocenters. The van der Waals surface area contributed by atoms with Gasteiger partial charge in [0.1, 0.15) is 12.6 Å². The van der Waals surface area contributed by atoms with E-state index >= 15 is 0 Å². The number of hydrogen-bond donors (Lipinski definition) is 1. The largest absolute Gasteiger partial charge is 0.478 e. The first-order valence-electron chi connectivity index (χ1n) is 12.8. The minimum atomic E-state index is -1.37. The van der Waals surface area contributed by atoms with E-state index in [2.05, 4.69) is 12.1 Å². The highest BCUT2D eigenvalue weighted by Gasteiger charge is 2.35. The summed E-state index contributed by atoms with van der Waals surface area (Å²) < 4.78 is 11.2. The van der Waals surface area contributed by atoms with Gasteiger partial charge in [-0.2, -0.15) is 0 Å². The van der Waals surface area contributed by atoms with Crippen molar-refractivity contribution in [3.8, 4) is 11.1 Å². The summed E-state index contributed by atoms with van der Waals surface area (Å²) in [7, 11) is 1.49. The molecule has 4 rings (SSSR count). The number of rotatable bonds is 10. The number of carboxylic acids is 1. The van der Waals surface area contributed by atoms with Crippen molar-refractivity contribution < 1.29 is 29.0 Å². The monoisotopic (exact) mass is 515 g/mol. The number of nitrogens with zero attached hydrogens (tertiary/aromatic N) is 1. The van der Waals surface area contributed by atoms with Gasteiger partial charge in [-0.15, -0.1) is 0 Å². The molecule has 0 spiro atoms. The molecule has 0 heterocycles. The second kappa shape index (κ2) is 11.9. The summed E-state index contributed by atoms with van der Waals surface area (Å²) >= 11 is 0. The van der Waals surface area contributed by atoms with E-state index in [1.165, 1.54) is 11.9 Å². The lowest BCUT2D eigenvalue weighted by atomic mass is 9.98. The molecule has 38 heavy (non-hydrogen) atoms. The van der Waals surface area contributed by atoms with Crippen LogP contribution in [0, 0.1) is 5.92 Å². The Kier molecular flexibility index (Phi) is 8.46. The summed E-state index contributed by atoms with van der Waals surface area (Å²) in [5.41, 5.74) is 5.16. The van der Waals surface area contributed by atoms with Gasteiger partial charge < -0.3 is 14.6 Å². The van der Waals surface area contributed by atoms with Gasteiger partial charge in [-0.25, -0.2) is 14.4 Å². The summed E-state index contributed by atoms with van der Waals surface area (Å²) in [6.07, 6.45) is -1.69. The van der Waals surface area contributed by atoms with Crippen LogP contribution in [0.25, 0.3) is 11.1 Å². The van der Waals surface area contributed by atoms with Gasteiger partial charge in [0.05, 0.1) is 0 Å². The van der Waals surface area contributed by atoms with E-state index in [4.69, 9.17) is 9.47 Å². The first kappa shape index (κ1) is 26.9. The maximum Gasteiger partial charge on any atom is 0.410 e. The van der Waals surface area contributed by atoms with E-state index in [0.717, 1.165) is 27.8 Å². The number of carbonyl (C=O) groups is 3. The van der Waals surface area contributed by atoms with Gasteiger partial charge in [0.15, 0.2) is 0 Å². The Morgan fingerprint density at radius 1 is 0.868 bits per heavy atom. The number of amides is 1. The Morgan fingerprint density at radius 3 is 1.97 bits per heavy atom. The predicted octanol–water partition coefficient (Wildman–Crippen LogP) is 5.52. The van der Waals surface area contributed by atoms with Crippen molar-refractivity contribution in [2.75, 3.05) is 13.7 Å². The van der Waals surface area contributed by atoms with Crippen molar-refractivity contribution in [3.63, 3.8) is 0 Å². The SMILES string of the molecule is CC(C)C[C@@H](C(=O)O[C@H](Cc1ccccc1)C(=O)O)N(C)C(=O)OCC1c2ccccc2-c2ccccc21. The second-order valence-corrected chi connectivity index (χ2v) is 10.0. The zero-order chi connectivity index (χ0) is 27.2. The van der Waals surface area contributed by atoms with Gasteiger partial charge in [0.25, 0.3) is 0 Å². The molecule has 198 valence electrons. The summed E-state index contributed by atoms with van der Waals surface area (Å²) in [6, 6.07) is 24.1.